The van der Waals surface area contributed by atoms with Gasteiger partial charge in [-0.15, -0.1) is 0 Å². The Balaban J connectivity index is 1.30. The molecule has 0 unspecified atom stereocenters. The minimum atomic E-state index is -0.137. The van der Waals surface area contributed by atoms with E-state index < -0.39 is 0 Å². The van der Waals surface area contributed by atoms with Crippen LogP contribution in [0.5, 0.6) is 0 Å². The molecule has 2 aromatic carbocycles. The summed E-state index contributed by atoms with van der Waals surface area (Å²) in [6, 6.07) is 14.5. The van der Waals surface area contributed by atoms with Gasteiger partial charge in [-0.05, 0) is 72.1 Å². The summed E-state index contributed by atoms with van der Waals surface area (Å²) in [5.41, 5.74) is 0.962. The van der Waals surface area contributed by atoms with Crippen molar-refractivity contribution in [1.29, 1.82) is 0 Å². The van der Waals surface area contributed by atoms with Crippen molar-refractivity contribution < 1.29 is 9.53 Å². The molecule has 0 heterocycles. The Morgan fingerprint density at radius 1 is 1.00 bits per heavy atom. The molecule has 142 valence electrons. The Labute approximate surface area is 161 Å². The van der Waals surface area contributed by atoms with Crippen LogP contribution >= 0.6 is 0 Å². The number of nitrogens with one attached hydrogen (secondary N) is 1. The number of benzene rings is 2. The standard InChI is InChI=1S/C24H29NO2/c1-27-24(20-10-16-9-17(12-20)13-21(24)11-16)15-25-23(26)14-19-7-4-6-18-5-2-3-8-22(18)19/h2-8,16-17,20-21H,9-15H2,1H3,(H,25,26). The van der Waals surface area contributed by atoms with Crippen molar-refractivity contribution in [2.75, 3.05) is 13.7 Å². The van der Waals surface area contributed by atoms with Gasteiger partial charge in [0.1, 0.15) is 0 Å². The van der Waals surface area contributed by atoms with Crippen LogP contribution < -0.4 is 5.32 Å². The van der Waals surface area contributed by atoms with E-state index in [9.17, 15) is 4.79 Å². The summed E-state index contributed by atoms with van der Waals surface area (Å²) >= 11 is 0. The Bertz CT molecular complexity index is 825. The maximum Gasteiger partial charge on any atom is 0.224 e. The number of fused-ring (bicyclic) bond motifs is 1. The number of hydrogen-bond donors (Lipinski definition) is 1. The Morgan fingerprint density at radius 3 is 2.37 bits per heavy atom. The SMILES string of the molecule is COC1(CNC(=O)Cc2cccc3ccccc23)C2CC3CC(C2)CC1C3. The second-order valence-electron chi connectivity index (χ2n) is 9.06. The van der Waals surface area contributed by atoms with Gasteiger partial charge in [0.25, 0.3) is 0 Å². The topological polar surface area (TPSA) is 38.3 Å². The predicted molar refractivity (Wildman–Crippen MR) is 107 cm³/mol. The van der Waals surface area contributed by atoms with Crippen LogP contribution in [0.4, 0.5) is 0 Å². The average molecular weight is 364 g/mol. The van der Waals surface area contributed by atoms with E-state index in [1.807, 2.05) is 25.3 Å². The molecular formula is C24H29NO2. The Hall–Kier alpha value is -1.87. The summed E-state index contributed by atoms with van der Waals surface area (Å²) < 4.78 is 6.17. The highest BCUT2D eigenvalue weighted by Crippen LogP contribution is 2.59. The van der Waals surface area contributed by atoms with Crippen molar-refractivity contribution in [3.63, 3.8) is 0 Å². The molecule has 1 amide bonds. The van der Waals surface area contributed by atoms with Crippen LogP contribution in [0.2, 0.25) is 0 Å². The highest BCUT2D eigenvalue weighted by molar-refractivity contribution is 5.90. The highest BCUT2D eigenvalue weighted by atomic mass is 16.5. The Kier molecular flexibility index (Phi) is 4.23. The summed E-state index contributed by atoms with van der Waals surface area (Å²) in [6.45, 7) is 0.669. The summed E-state index contributed by atoms with van der Waals surface area (Å²) in [6.07, 6.45) is 7.03. The van der Waals surface area contributed by atoms with E-state index in [0.717, 1.165) is 17.4 Å². The van der Waals surface area contributed by atoms with Crippen LogP contribution in [0.3, 0.4) is 0 Å². The second kappa shape index (κ2) is 6.63. The van der Waals surface area contributed by atoms with E-state index in [-0.39, 0.29) is 11.5 Å². The lowest BCUT2D eigenvalue weighted by Gasteiger charge is -2.60. The molecule has 3 nitrogen and oxygen atoms in total. The van der Waals surface area contributed by atoms with Crippen LogP contribution in [0, 0.1) is 23.7 Å². The summed E-state index contributed by atoms with van der Waals surface area (Å²) in [5, 5.41) is 5.62. The molecule has 4 aliphatic rings. The first-order valence-electron chi connectivity index (χ1n) is 10.5. The molecular weight excluding hydrogens is 334 g/mol. The maximum absolute atomic E-state index is 12.8. The quantitative estimate of drug-likeness (QED) is 0.858. The third kappa shape index (κ3) is 2.87. The monoisotopic (exact) mass is 363 g/mol. The Morgan fingerprint density at radius 2 is 1.67 bits per heavy atom. The molecule has 4 bridgehead atoms. The summed E-state index contributed by atoms with van der Waals surface area (Å²) in [4.78, 5) is 12.8. The van der Waals surface area contributed by atoms with Gasteiger partial charge in [-0.3, -0.25) is 4.79 Å². The van der Waals surface area contributed by atoms with Gasteiger partial charge in [0.2, 0.25) is 5.91 Å². The number of carbonyl (C=O) groups excluding carboxylic acids is 1. The lowest BCUT2D eigenvalue weighted by atomic mass is 9.49. The van der Waals surface area contributed by atoms with Crippen LogP contribution in [0.25, 0.3) is 10.8 Å². The molecule has 2 aromatic rings. The van der Waals surface area contributed by atoms with Crippen LogP contribution in [-0.4, -0.2) is 25.2 Å². The molecule has 0 aliphatic heterocycles. The minimum absolute atomic E-state index is 0.108. The van der Waals surface area contributed by atoms with E-state index in [0.29, 0.717) is 24.8 Å². The van der Waals surface area contributed by atoms with Crippen molar-refractivity contribution in [3.8, 4) is 0 Å². The van der Waals surface area contributed by atoms with Gasteiger partial charge in [-0.25, -0.2) is 0 Å². The number of ether oxygens (including phenoxy) is 1. The number of carbonyl (C=O) groups is 1. The number of rotatable bonds is 5. The number of methoxy groups -OCH3 is 1. The van der Waals surface area contributed by atoms with Gasteiger partial charge in [0.15, 0.2) is 0 Å². The maximum atomic E-state index is 12.8. The van der Waals surface area contributed by atoms with E-state index in [1.165, 1.54) is 42.9 Å². The molecule has 0 atom stereocenters. The number of amides is 1. The molecule has 0 radical (unpaired) electrons. The lowest BCUT2D eigenvalue weighted by molar-refractivity contribution is -0.188. The highest BCUT2D eigenvalue weighted by Gasteiger charge is 2.57. The molecule has 27 heavy (non-hydrogen) atoms. The summed E-state index contributed by atoms with van der Waals surface area (Å²) in [5.74, 6) is 3.16. The fourth-order valence-electron chi connectivity index (χ4n) is 6.59. The summed E-state index contributed by atoms with van der Waals surface area (Å²) in [7, 11) is 1.86. The van der Waals surface area contributed by atoms with Gasteiger partial charge < -0.3 is 10.1 Å². The average Bonchev–Trinajstić information content (AvgIpc) is 2.68. The van der Waals surface area contributed by atoms with Crippen molar-refractivity contribution in [3.05, 3.63) is 48.0 Å². The van der Waals surface area contributed by atoms with Crippen LogP contribution in [0.15, 0.2) is 42.5 Å². The van der Waals surface area contributed by atoms with Gasteiger partial charge in [-0.1, -0.05) is 42.5 Å². The fraction of sp³-hybridized carbons (Fsp3) is 0.542. The zero-order chi connectivity index (χ0) is 18.4. The van der Waals surface area contributed by atoms with E-state index in [4.69, 9.17) is 4.74 Å². The van der Waals surface area contributed by atoms with Crippen molar-refractivity contribution in [2.24, 2.45) is 23.7 Å². The van der Waals surface area contributed by atoms with Crippen molar-refractivity contribution >= 4 is 16.7 Å². The lowest BCUT2D eigenvalue weighted by Crippen LogP contribution is -2.63. The molecule has 4 saturated carbocycles. The molecule has 6 rings (SSSR count). The smallest absolute Gasteiger partial charge is 0.224 e. The van der Waals surface area contributed by atoms with Crippen molar-refractivity contribution in [1.82, 2.24) is 5.32 Å². The molecule has 0 saturated heterocycles. The molecule has 4 aliphatic carbocycles. The zero-order valence-corrected chi connectivity index (χ0v) is 16.1. The van der Waals surface area contributed by atoms with Gasteiger partial charge in [0, 0.05) is 13.7 Å². The fourth-order valence-corrected chi connectivity index (χ4v) is 6.59. The molecule has 0 spiro atoms. The van der Waals surface area contributed by atoms with Crippen LogP contribution in [0.1, 0.15) is 37.7 Å². The van der Waals surface area contributed by atoms with Gasteiger partial charge in [0.05, 0.1) is 12.0 Å². The molecule has 4 fully saturated rings. The molecule has 0 aromatic heterocycles. The van der Waals surface area contributed by atoms with E-state index in [1.54, 1.807) is 0 Å². The van der Waals surface area contributed by atoms with Gasteiger partial charge in [-0.2, -0.15) is 0 Å². The zero-order valence-electron chi connectivity index (χ0n) is 16.1. The first kappa shape index (κ1) is 17.2. The largest absolute Gasteiger partial charge is 0.376 e. The third-order valence-electron chi connectivity index (χ3n) is 7.69. The molecule has 1 N–H and O–H groups in total. The van der Waals surface area contributed by atoms with Crippen molar-refractivity contribution in [2.45, 2.75) is 44.1 Å². The third-order valence-corrected chi connectivity index (χ3v) is 7.69. The van der Waals surface area contributed by atoms with E-state index in [2.05, 4.69) is 29.6 Å². The predicted octanol–water partition coefficient (Wildman–Crippen LogP) is 4.34. The van der Waals surface area contributed by atoms with E-state index >= 15 is 0 Å². The minimum Gasteiger partial charge on any atom is -0.376 e. The number of hydrogen-bond acceptors (Lipinski definition) is 2. The second-order valence-corrected chi connectivity index (χ2v) is 9.06. The van der Waals surface area contributed by atoms with Gasteiger partial charge >= 0.3 is 0 Å². The first-order valence-corrected chi connectivity index (χ1v) is 10.5. The van der Waals surface area contributed by atoms with Crippen LogP contribution in [-0.2, 0) is 16.0 Å². The first-order chi connectivity index (χ1) is 13.2. The molecule has 3 heteroatoms. The normalized spacial score (nSPS) is 34.1.